The molecule has 3 heteroatoms. The number of aliphatic carboxylic acids is 1. The molecular weight excluding hydrogens is 202 g/mol. The second-order valence-electron chi connectivity index (χ2n) is 5.33. The predicted molar refractivity (Wildman–Crippen MR) is 65.2 cm³/mol. The Morgan fingerprint density at radius 2 is 2.06 bits per heavy atom. The van der Waals surface area contributed by atoms with Gasteiger partial charge in [-0.1, -0.05) is 39.0 Å². The summed E-state index contributed by atoms with van der Waals surface area (Å²) in [5.74, 6) is 0.578. The summed E-state index contributed by atoms with van der Waals surface area (Å²) >= 11 is 0. The van der Waals surface area contributed by atoms with Crippen molar-refractivity contribution in [2.45, 2.75) is 51.9 Å². The molecule has 1 aliphatic carbocycles. The van der Waals surface area contributed by atoms with Gasteiger partial charge >= 0.3 is 5.97 Å². The van der Waals surface area contributed by atoms with Crippen LogP contribution in [0.15, 0.2) is 0 Å². The third-order valence-corrected chi connectivity index (χ3v) is 3.65. The van der Waals surface area contributed by atoms with Gasteiger partial charge in [-0.15, -0.1) is 0 Å². The van der Waals surface area contributed by atoms with Gasteiger partial charge in [0.05, 0.1) is 5.92 Å². The van der Waals surface area contributed by atoms with E-state index >= 15 is 0 Å². The molecule has 0 aliphatic heterocycles. The summed E-state index contributed by atoms with van der Waals surface area (Å²) in [5, 5.41) is 8.86. The number of carbonyl (C=O) groups is 1. The SMILES string of the molecule is C[C@H](CCCC1CC1)CC[C@H](CN)C(=O)O. The second-order valence-corrected chi connectivity index (χ2v) is 5.33. The van der Waals surface area contributed by atoms with Crippen LogP contribution in [-0.2, 0) is 4.79 Å². The summed E-state index contributed by atoms with van der Waals surface area (Å²) in [6.07, 6.45) is 8.53. The monoisotopic (exact) mass is 227 g/mol. The van der Waals surface area contributed by atoms with Crippen LogP contribution in [0.3, 0.4) is 0 Å². The average Bonchev–Trinajstić information content (AvgIpc) is 3.02. The van der Waals surface area contributed by atoms with Crippen molar-refractivity contribution < 1.29 is 9.90 Å². The van der Waals surface area contributed by atoms with Gasteiger partial charge in [0.2, 0.25) is 0 Å². The summed E-state index contributed by atoms with van der Waals surface area (Å²) in [5.41, 5.74) is 5.43. The minimum absolute atomic E-state index is 0.268. The van der Waals surface area contributed by atoms with E-state index in [0.29, 0.717) is 5.92 Å². The minimum atomic E-state index is -0.743. The van der Waals surface area contributed by atoms with Gasteiger partial charge in [-0.2, -0.15) is 0 Å². The fourth-order valence-corrected chi connectivity index (χ4v) is 2.13. The van der Waals surface area contributed by atoms with E-state index in [-0.39, 0.29) is 12.5 Å². The molecule has 0 spiro atoms. The van der Waals surface area contributed by atoms with Crippen LogP contribution in [0, 0.1) is 17.8 Å². The van der Waals surface area contributed by atoms with Crippen LogP contribution in [0.4, 0.5) is 0 Å². The highest BCUT2D eigenvalue weighted by atomic mass is 16.4. The Morgan fingerprint density at radius 3 is 2.56 bits per heavy atom. The number of hydrogen-bond acceptors (Lipinski definition) is 2. The van der Waals surface area contributed by atoms with Gasteiger partial charge < -0.3 is 10.8 Å². The predicted octanol–water partition coefficient (Wildman–Crippen LogP) is 2.64. The third-order valence-electron chi connectivity index (χ3n) is 3.65. The lowest BCUT2D eigenvalue weighted by atomic mass is 9.93. The van der Waals surface area contributed by atoms with E-state index in [2.05, 4.69) is 6.92 Å². The highest BCUT2D eigenvalue weighted by molar-refractivity contribution is 5.70. The first-order chi connectivity index (χ1) is 7.63. The molecule has 94 valence electrons. The maximum atomic E-state index is 10.8. The van der Waals surface area contributed by atoms with Gasteiger partial charge in [0.15, 0.2) is 0 Å². The maximum absolute atomic E-state index is 10.8. The van der Waals surface area contributed by atoms with Gasteiger partial charge in [-0.05, 0) is 24.7 Å². The lowest BCUT2D eigenvalue weighted by Crippen LogP contribution is -2.23. The third kappa shape index (κ3) is 5.50. The van der Waals surface area contributed by atoms with Gasteiger partial charge in [0, 0.05) is 6.54 Å². The van der Waals surface area contributed by atoms with Crippen molar-refractivity contribution in [1.82, 2.24) is 0 Å². The van der Waals surface area contributed by atoms with E-state index in [4.69, 9.17) is 10.8 Å². The van der Waals surface area contributed by atoms with Crippen molar-refractivity contribution in [3.63, 3.8) is 0 Å². The zero-order valence-electron chi connectivity index (χ0n) is 10.3. The topological polar surface area (TPSA) is 63.3 Å². The Balaban J connectivity index is 2.02. The molecular formula is C13H25NO2. The van der Waals surface area contributed by atoms with Crippen LogP contribution in [-0.4, -0.2) is 17.6 Å². The van der Waals surface area contributed by atoms with Crippen LogP contribution in [0.1, 0.15) is 51.9 Å². The van der Waals surface area contributed by atoms with E-state index in [0.717, 1.165) is 18.8 Å². The molecule has 0 aromatic heterocycles. The zero-order chi connectivity index (χ0) is 12.0. The van der Waals surface area contributed by atoms with Gasteiger partial charge in [0.25, 0.3) is 0 Å². The fraction of sp³-hybridized carbons (Fsp3) is 0.923. The van der Waals surface area contributed by atoms with Crippen LogP contribution in [0.25, 0.3) is 0 Å². The van der Waals surface area contributed by atoms with Gasteiger partial charge in [-0.3, -0.25) is 4.79 Å². The van der Waals surface area contributed by atoms with Crippen molar-refractivity contribution in [3.8, 4) is 0 Å². The van der Waals surface area contributed by atoms with Crippen molar-refractivity contribution in [1.29, 1.82) is 0 Å². The largest absolute Gasteiger partial charge is 0.481 e. The molecule has 1 rings (SSSR count). The summed E-state index contributed by atoms with van der Waals surface area (Å²) in [7, 11) is 0. The van der Waals surface area contributed by atoms with E-state index in [1.54, 1.807) is 0 Å². The van der Waals surface area contributed by atoms with E-state index in [1.807, 2.05) is 0 Å². The molecule has 1 saturated carbocycles. The van der Waals surface area contributed by atoms with Crippen LogP contribution in [0.5, 0.6) is 0 Å². The van der Waals surface area contributed by atoms with Crippen molar-refractivity contribution in [2.24, 2.45) is 23.5 Å². The summed E-state index contributed by atoms with van der Waals surface area (Å²) in [6, 6.07) is 0. The molecule has 0 radical (unpaired) electrons. The highest BCUT2D eigenvalue weighted by Gasteiger charge is 2.21. The van der Waals surface area contributed by atoms with Crippen molar-refractivity contribution in [2.75, 3.05) is 6.54 Å². The van der Waals surface area contributed by atoms with Gasteiger partial charge in [0.1, 0.15) is 0 Å². The first kappa shape index (κ1) is 13.5. The van der Waals surface area contributed by atoms with Crippen molar-refractivity contribution in [3.05, 3.63) is 0 Å². The lowest BCUT2D eigenvalue weighted by Gasteiger charge is -2.14. The standard InChI is InChI=1S/C13H25NO2/c1-10(3-2-4-11-6-7-11)5-8-12(9-14)13(15)16/h10-12H,2-9,14H2,1H3,(H,15,16)/t10-,12-/m1/s1. The smallest absolute Gasteiger partial charge is 0.307 e. The molecule has 0 amide bonds. The average molecular weight is 227 g/mol. The zero-order valence-corrected chi connectivity index (χ0v) is 10.3. The number of nitrogens with two attached hydrogens (primary N) is 1. The molecule has 0 saturated heterocycles. The second kappa shape index (κ2) is 6.89. The summed E-state index contributed by atoms with van der Waals surface area (Å²) in [4.78, 5) is 10.8. The fourth-order valence-electron chi connectivity index (χ4n) is 2.13. The molecule has 3 nitrogen and oxygen atoms in total. The van der Waals surface area contributed by atoms with Crippen LogP contribution in [0.2, 0.25) is 0 Å². The van der Waals surface area contributed by atoms with E-state index in [9.17, 15) is 4.79 Å². The molecule has 0 aromatic carbocycles. The number of hydrogen-bond donors (Lipinski definition) is 2. The Kier molecular flexibility index (Phi) is 5.81. The molecule has 2 atom stereocenters. The molecule has 3 N–H and O–H groups in total. The Morgan fingerprint density at radius 1 is 1.38 bits per heavy atom. The summed E-state index contributed by atoms with van der Waals surface area (Å²) in [6.45, 7) is 2.49. The van der Waals surface area contributed by atoms with Crippen LogP contribution >= 0.6 is 0 Å². The summed E-state index contributed by atoms with van der Waals surface area (Å²) < 4.78 is 0. The van der Waals surface area contributed by atoms with Crippen molar-refractivity contribution >= 4 is 5.97 Å². The van der Waals surface area contributed by atoms with E-state index < -0.39 is 5.97 Å². The molecule has 16 heavy (non-hydrogen) atoms. The van der Waals surface area contributed by atoms with Crippen LogP contribution < -0.4 is 5.73 Å². The first-order valence-electron chi connectivity index (χ1n) is 6.56. The maximum Gasteiger partial charge on any atom is 0.307 e. The Labute approximate surface area is 98.4 Å². The molecule has 1 aliphatic rings. The first-order valence-corrected chi connectivity index (χ1v) is 6.56. The molecule has 0 heterocycles. The minimum Gasteiger partial charge on any atom is -0.481 e. The normalized spacial score (nSPS) is 19.4. The number of rotatable bonds is 9. The highest BCUT2D eigenvalue weighted by Crippen LogP contribution is 2.34. The molecule has 1 fully saturated rings. The van der Waals surface area contributed by atoms with E-state index in [1.165, 1.54) is 32.1 Å². The Bertz CT molecular complexity index is 214. The van der Waals surface area contributed by atoms with Gasteiger partial charge in [-0.25, -0.2) is 0 Å². The molecule has 0 unspecified atom stereocenters. The number of carboxylic acids is 1. The lowest BCUT2D eigenvalue weighted by molar-refractivity contribution is -0.141. The quantitative estimate of drug-likeness (QED) is 0.636. The molecule has 0 bridgehead atoms. The Hall–Kier alpha value is -0.570. The number of carboxylic acid groups (broad SMARTS) is 1. The molecule has 0 aromatic rings.